The number of fused-ring (bicyclic) bond motifs is 1. The van der Waals surface area contributed by atoms with E-state index in [-0.39, 0.29) is 29.5 Å². The SMILES string of the molecule is Cc1cc2c(cn1)N(C(=O)c1cncc(Nc3s[nH]c(=O)c3C(N)=NC(C)CO)c1)CC2. The first-order valence-electron chi connectivity index (χ1n) is 10.0. The number of pyridine rings is 2. The number of aromatic amines is 1. The van der Waals surface area contributed by atoms with E-state index >= 15 is 0 Å². The number of hydrogen-bond donors (Lipinski definition) is 4. The van der Waals surface area contributed by atoms with Crippen LogP contribution in [0.5, 0.6) is 0 Å². The lowest BCUT2D eigenvalue weighted by atomic mass is 10.2. The molecular weight excluding hydrogens is 430 g/mol. The second-order valence-corrected chi connectivity index (χ2v) is 8.35. The molecule has 1 unspecified atom stereocenters. The number of nitrogens with one attached hydrogen (secondary N) is 2. The fraction of sp³-hybridized carbons (Fsp3) is 0.286. The first-order valence-corrected chi connectivity index (χ1v) is 10.8. The minimum atomic E-state index is -0.439. The molecule has 1 aliphatic heterocycles. The monoisotopic (exact) mass is 453 g/mol. The topological polar surface area (TPSA) is 150 Å². The average molecular weight is 454 g/mol. The third-order valence-corrected chi connectivity index (χ3v) is 5.86. The Balaban J connectivity index is 1.59. The summed E-state index contributed by atoms with van der Waals surface area (Å²) in [5.74, 6) is -0.154. The highest BCUT2D eigenvalue weighted by Gasteiger charge is 2.26. The molecule has 0 saturated carbocycles. The molecule has 1 amide bonds. The van der Waals surface area contributed by atoms with Gasteiger partial charge >= 0.3 is 0 Å². The van der Waals surface area contributed by atoms with Crippen LogP contribution in [0.3, 0.4) is 0 Å². The number of aliphatic hydroxyl groups excluding tert-OH is 1. The zero-order valence-corrected chi connectivity index (χ0v) is 18.4. The van der Waals surface area contributed by atoms with Crippen LogP contribution in [0, 0.1) is 6.92 Å². The number of aromatic nitrogens is 3. The number of nitrogens with zero attached hydrogens (tertiary/aromatic N) is 4. The molecule has 0 saturated heterocycles. The largest absolute Gasteiger partial charge is 0.394 e. The average Bonchev–Trinajstić information content (AvgIpc) is 3.36. The Hall–Kier alpha value is -3.57. The molecule has 4 rings (SSSR count). The number of nitrogens with two attached hydrogens (primary N) is 1. The van der Waals surface area contributed by atoms with Gasteiger partial charge in [0.15, 0.2) is 0 Å². The Labute approximate surface area is 188 Å². The van der Waals surface area contributed by atoms with Crippen LogP contribution in [-0.2, 0) is 6.42 Å². The Kier molecular flexibility index (Phi) is 6.01. The van der Waals surface area contributed by atoms with Crippen molar-refractivity contribution in [1.82, 2.24) is 14.3 Å². The van der Waals surface area contributed by atoms with Crippen LogP contribution in [0.1, 0.15) is 34.1 Å². The zero-order valence-electron chi connectivity index (χ0n) is 17.6. The molecule has 0 radical (unpaired) electrons. The first-order chi connectivity index (χ1) is 15.4. The number of rotatable bonds is 6. The molecule has 11 heteroatoms. The maximum atomic E-state index is 13.1. The van der Waals surface area contributed by atoms with Gasteiger partial charge < -0.3 is 21.1 Å². The molecule has 0 aliphatic carbocycles. The van der Waals surface area contributed by atoms with Gasteiger partial charge in [-0.2, -0.15) is 0 Å². The van der Waals surface area contributed by atoms with Crippen LogP contribution >= 0.6 is 11.5 Å². The number of hydrogen-bond acceptors (Lipinski definition) is 8. The summed E-state index contributed by atoms with van der Waals surface area (Å²) < 4.78 is 2.63. The quantitative estimate of drug-likeness (QED) is 0.327. The van der Waals surface area contributed by atoms with Crippen molar-refractivity contribution in [3.63, 3.8) is 0 Å². The number of amidine groups is 1. The van der Waals surface area contributed by atoms with Gasteiger partial charge in [0.2, 0.25) is 0 Å². The van der Waals surface area contributed by atoms with E-state index in [9.17, 15) is 14.7 Å². The Morgan fingerprint density at radius 2 is 2.22 bits per heavy atom. The summed E-state index contributed by atoms with van der Waals surface area (Å²) in [7, 11) is 0. The highest BCUT2D eigenvalue weighted by Crippen LogP contribution is 2.29. The van der Waals surface area contributed by atoms with Gasteiger partial charge in [-0.1, -0.05) is 0 Å². The molecule has 3 aromatic heterocycles. The fourth-order valence-electron chi connectivity index (χ4n) is 3.49. The van der Waals surface area contributed by atoms with Crippen molar-refractivity contribution in [2.24, 2.45) is 10.7 Å². The number of anilines is 3. The molecule has 10 nitrogen and oxygen atoms in total. The van der Waals surface area contributed by atoms with E-state index in [4.69, 9.17) is 5.73 Å². The smallest absolute Gasteiger partial charge is 0.271 e. The van der Waals surface area contributed by atoms with Gasteiger partial charge in [0.1, 0.15) is 16.4 Å². The maximum Gasteiger partial charge on any atom is 0.271 e. The lowest BCUT2D eigenvalue weighted by Crippen LogP contribution is -2.29. The van der Waals surface area contributed by atoms with Gasteiger partial charge in [0.25, 0.3) is 11.5 Å². The highest BCUT2D eigenvalue weighted by atomic mass is 32.1. The van der Waals surface area contributed by atoms with Crippen molar-refractivity contribution < 1.29 is 9.90 Å². The van der Waals surface area contributed by atoms with Gasteiger partial charge in [-0.15, -0.1) is 0 Å². The molecular formula is C21H23N7O3S. The number of carbonyl (C=O) groups is 1. The minimum absolute atomic E-state index is 0.0215. The van der Waals surface area contributed by atoms with Crippen LogP contribution in [0.2, 0.25) is 0 Å². The van der Waals surface area contributed by atoms with Crippen molar-refractivity contribution in [2.75, 3.05) is 23.4 Å². The van der Waals surface area contributed by atoms with Crippen LogP contribution in [0.15, 0.2) is 40.5 Å². The molecule has 4 heterocycles. The van der Waals surface area contributed by atoms with E-state index in [0.717, 1.165) is 34.9 Å². The second-order valence-electron chi connectivity index (χ2n) is 7.53. The lowest BCUT2D eigenvalue weighted by molar-refractivity contribution is 0.0989. The van der Waals surface area contributed by atoms with Crippen LogP contribution < -0.4 is 21.5 Å². The standard InChI is InChI=1S/C21H23N7O3S/c1-11-5-13-3-4-28(16(13)9-24-11)21(31)14-6-15(8-23-7-14)26-20-17(19(30)27-32-20)18(22)25-12(2)10-29/h5-9,12,26,29H,3-4,10H2,1-2H3,(H2,22,25)(H,27,30). The van der Waals surface area contributed by atoms with Gasteiger partial charge in [0.05, 0.1) is 42.0 Å². The van der Waals surface area contributed by atoms with Crippen LogP contribution in [-0.4, -0.2) is 50.4 Å². The molecule has 3 aromatic rings. The van der Waals surface area contributed by atoms with Gasteiger partial charge in [-0.05, 0) is 49.5 Å². The number of carbonyl (C=O) groups excluding carboxylic acids is 1. The summed E-state index contributed by atoms with van der Waals surface area (Å²) in [6, 6.07) is 3.23. The Morgan fingerprint density at radius 3 is 3.00 bits per heavy atom. The Morgan fingerprint density at radius 1 is 1.41 bits per heavy atom. The molecule has 5 N–H and O–H groups in total. The van der Waals surface area contributed by atoms with Crippen molar-refractivity contribution >= 4 is 39.7 Å². The zero-order chi connectivity index (χ0) is 22.8. The van der Waals surface area contributed by atoms with E-state index < -0.39 is 6.04 Å². The number of aliphatic hydroxyl groups is 1. The molecule has 0 aromatic carbocycles. The maximum absolute atomic E-state index is 13.1. The van der Waals surface area contributed by atoms with Gasteiger partial charge in [0, 0.05) is 18.4 Å². The van der Waals surface area contributed by atoms with Crippen molar-refractivity contribution in [2.45, 2.75) is 26.3 Å². The van der Waals surface area contributed by atoms with Gasteiger partial charge in [-0.3, -0.25) is 28.9 Å². The number of H-pyrrole nitrogens is 1. The van der Waals surface area contributed by atoms with E-state index in [2.05, 4.69) is 24.7 Å². The first kappa shape index (κ1) is 21.7. The van der Waals surface area contributed by atoms with Gasteiger partial charge in [-0.25, -0.2) is 0 Å². The summed E-state index contributed by atoms with van der Waals surface area (Å²) in [4.78, 5) is 39.7. The number of amides is 1. The summed E-state index contributed by atoms with van der Waals surface area (Å²) in [5.41, 5.74) is 9.55. The molecule has 1 atom stereocenters. The molecule has 1 aliphatic rings. The number of aryl methyl sites for hydroxylation is 1. The predicted molar refractivity (Wildman–Crippen MR) is 124 cm³/mol. The molecule has 0 bridgehead atoms. The van der Waals surface area contributed by atoms with E-state index in [1.54, 1.807) is 30.3 Å². The normalized spacial score (nSPS) is 14.3. The summed E-state index contributed by atoms with van der Waals surface area (Å²) >= 11 is 1.06. The van der Waals surface area contributed by atoms with E-state index in [0.29, 0.717) is 22.8 Å². The van der Waals surface area contributed by atoms with E-state index in [1.165, 1.54) is 6.20 Å². The van der Waals surface area contributed by atoms with Crippen LogP contribution in [0.25, 0.3) is 0 Å². The third-order valence-electron chi connectivity index (χ3n) is 5.07. The third kappa shape index (κ3) is 4.25. The second kappa shape index (κ2) is 8.89. The van der Waals surface area contributed by atoms with Crippen LogP contribution in [0.4, 0.5) is 16.4 Å². The molecule has 166 valence electrons. The summed E-state index contributed by atoms with van der Waals surface area (Å²) in [6.45, 7) is 4.01. The molecule has 32 heavy (non-hydrogen) atoms. The molecule has 0 fully saturated rings. The fourth-order valence-corrected chi connectivity index (χ4v) is 4.26. The van der Waals surface area contributed by atoms with Crippen molar-refractivity contribution in [1.29, 1.82) is 0 Å². The highest BCUT2D eigenvalue weighted by molar-refractivity contribution is 7.10. The molecule has 0 spiro atoms. The van der Waals surface area contributed by atoms with Crippen molar-refractivity contribution in [3.05, 3.63) is 63.5 Å². The van der Waals surface area contributed by atoms with E-state index in [1.807, 2.05) is 13.0 Å². The number of aliphatic imine (C=N–C) groups is 1. The predicted octanol–water partition coefficient (Wildman–Crippen LogP) is 1.57. The Bertz CT molecular complexity index is 1250. The summed E-state index contributed by atoms with van der Waals surface area (Å²) in [6.07, 6.45) is 5.56. The minimum Gasteiger partial charge on any atom is -0.394 e. The summed E-state index contributed by atoms with van der Waals surface area (Å²) in [5, 5.41) is 12.7. The lowest BCUT2D eigenvalue weighted by Gasteiger charge is -2.17. The van der Waals surface area contributed by atoms with Crippen molar-refractivity contribution in [3.8, 4) is 0 Å².